The molecule has 8 heteroatoms. The van der Waals surface area contributed by atoms with Gasteiger partial charge in [0.1, 0.15) is 5.01 Å². The molecule has 0 saturated heterocycles. The normalized spacial score (nSPS) is 12.8. The fourth-order valence-electron chi connectivity index (χ4n) is 4.36. The van der Waals surface area contributed by atoms with Gasteiger partial charge >= 0.3 is 11.7 Å². The summed E-state index contributed by atoms with van der Waals surface area (Å²) in [6, 6.07) is 12.3. The Morgan fingerprint density at radius 1 is 1.03 bits per heavy atom. The minimum Gasteiger partial charge on any atom is -0.476 e. The van der Waals surface area contributed by atoms with Crippen molar-refractivity contribution < 1.29 is 9.90 Å². The molecule has 2 aromatic carbocycles. The smallest absolute Gasteiger partial charge is 0.355 e. The van der Waals surface area contributed by atoms with Crippen molar-refractivity contribution >= 4 is 29.5 Å². The maximum atomic E-state index is 13.1. The highest BCUT2D eigenvalue weighted by molar-refractivity contribution is 7.09. The second kappa shape index (κ2) is 8.39. The monoisotopic (exact) mass is 471 g/mol. The molecule has 5 rings (SSSR count). The summed E-state index contributed by atoms with van der Waals surface area (Å²) in [7, 11) is 0. The molecule has 34 heavy (non-hydrogen) atoms. The molecule has 2 N–H and O–H groups in total. The molecule has 0 saturated carbocycles. The van der Waals surface area contributed by atoms with Crippen LogP contribution in [0.1, 0.15) is 60.4 Å². The SMILES string of the molecule is Cc1ccc2c(c1)C=Cc1cc(C)ccc1C2c1cn(Cc2nc(C(=O)O)cs2)c(=O)[nH]c1=O. The number of carbonyl (C=O) groups is 1. The Morgan fingerprint density at radius 2 is 1.65 bits per heavy atom. The standard InChI is InChI=1S/C26H21N3O4S/c1-14-3-7-18-16(9-14)5-6-17-10-15(2)4-8-19(17)23(18)20-11-29(26(33)28-24(20)30)12-22-27-21(13-34-22)25(31)32/h3-11,13,23H,12H2,1-2H3,(H,31,32)(H,28,30,33). The van der Waals surface area contributed by atoms with E-state index in [1.165, 1.54) is 9.95 Å². The first-order chi connectivity index (χ1) is 16.3. The third-order valence-corrected chi connectivity index (χ3v) is 6.81. The molecular weight excluding hydrogens is 450 g/mol. The largest absolute Gasteiger partial charge is 0.476 e. The summed E-state index contributed by atoms with van der Waals surface area (Å²) in [4.78, 5) is 43.4. The Labute approximate surface area is 198 Å². The molecule has 0 aliphatic heterocycles. The van der Waals surface area contributed by atoms with Crippen LogP contribution in [-0.4, -0.2) is 25.6 Å². The first kappa shape index (κ1) is 21.8. The van der Waals surface area contributed by atoms with E-state index in [-0.39, 0.29) is 18.2 Å². The average Bonchev–Trinajstić information content (AvgIpc) is 3.20. The van der Waals surface area contributed by atoms with E-state index in [2.05, 4.69) is 34.3 Å². The van der Waals surface area contributed by atoms with Gasteiger partial charge in [0.25, 0.3) is 5.56 Å². The van der Waals surface area contributed by atoms with E-state index in [9.17, 15) is 14.4 Å². The molecule has 1 aliphatic rings. The van der Waals surface area contributed by atoms with E-state index >= 15 is 0 Å². The van der Waals surface area contributed by atoms with Gasteiger partial charge < -0.3 is 5.11 Å². The van der Waals surface area contributed by atoms with Gasteiger partial charge in [-0.3, -0.25) is 14.3 Å². The second-order valence-corrected chi connectivity index (χ2v) is 9.38. The van der Waals surface area contributed by atoms with E-state index < -0.39 is 17.2 Å². The van der Waals surface area contributed by atoms with E-state index in [4.69, 9.17) is 5.11 Å². The zero-order chi connectivity index (χ0) is 24.0. The molecule has 2 aromatic heterocycles. The zero-order valence-electron chi connectivity index (χ0n) is 18.5. The number of fused-ring (bicyclic) bond motifs is 2. The van der Waals surface area contributed by atoms with Gasteiger partial charge in [0.15, 0.2) is 5.69 Å². The highest BCUT2D eigenvalue weighted by Crippen LogP contribution is 2.38. The molecule has 0 radical (unpaired) electrons. The molecule has 7 nitrogen and oxygen atoms in total. The van der Waals surface area contributed by atoms with Crippen molar-refractivity contribution in [3.8, 4) is 0 Å². The van der Waals surface area contributed by atoms with Gasteiger partial charge in [-0.15, -0.1) is 11.3 Å². The maximum absolute atomic E-state index is 13.1. The molecule has 0 unspecified atom stereocenters. The number of nitrogens with one attached hydrogen (secondary N) is 1. The Morgan fingerprint density at radius 3 is 2.21 bits per heavy atom. The molecule has 0 atom stereocenters. The minimum atomic E-state index is -1.12. The first-order valence-electron chi connectivity index (χ1n) is 10.7. The van der Waals surface area contributed by atoms with Crippen LogP contribution >= 0.6 is 11.3 Å². The Balaban J connectivity index is 1.69. The van der Waals surface area contributed by atoms with Gasteiger partial charge in [0.2, 0.25) is 0 Å². The van der Waals surface area contributed by atoms with Gasteiger partial charge in [0.05, 0.1) is 6.54 Å². The maximum Gasteiger partial charge on any atom is 0.355 e. The number of thiazole rings is 1. The first-order valence-corrected chi connectivity index (χ1v) is 11.6. The lowest BCUT2D eigenvalue weighted by atomic mass is 9.82. The van der Waals surface area contributed by atoms with Crippen molar-refractivity contribution in [2.75, 3.05) is 0 Å². The Bertz CT molecular complexity index is 1540. The molecule has 0 bridgehead atoms. The number of aryl methyl sites for hydroxylation is 2. The number of aromatic nitrogens is 3. The van der Waals surface area contributed by atoms with Crippen LogP contribution < -0.4 is 11.2 Å². The van der Waals surface area contributed by atoms with Crippen LogP contribution in [-0.2, 0) is 6.54 Å². The number of carboxylic acids is 1. The van der Waals surface area contributed by atoms with Crippen molar-refractivity contribution in [1.29, 1.82) is 0 Å². The number of benzene rings is 2. The van der Waals surface area contributed by atoms with Crippen LogP contribution in [0.2, 0.25) is 0 Å². The van der Waals surface area contributed by atoms with Crippen molar-refractivity contribution in [2.24, 2.45) is 0 Å². The van der Waals surface area contributed by atoms with Gasteiger partial charge in [-0.1, -0.05) is 59.7 Å². The number of hydrogen-bond donors (Lipinski definition) is 2. The number of rotatable bonds is 4. The number of H-pyrrole nitrogens is 1. The lowest BCUT2D eigenvalue weighted by molar-refractivity contribution is 0.0691. The van der Waals surface area contributed by atoms with Crippen LogP contribution in [0.4, 0.5) is 0 Å². The summed E-state index contributed by atoms with van der Waals surface area (Å²) in [6.45, 7) is 4.11. The molecule has 0 fully saturated rings. The number of hydrogen-bond acceptors (Lipinski definition) is 5. The van der Waals surface area contributed by atoms with Crippen LogP contribution in [0.3, 0.4) is 0 Å². The van der Waals surface area contributed by atoms with Crippen molar-refractivity contribution in [3.63, 3.8) is 0 Å². The molecule has 0 amide bonds. The molecule has 1 aliphatic carbocycles. The quantitative estimate of drug-likeness (QED) is 0.412. The van der Waals surface area contributed by atoms with Crippen molar-refractivity contribution in [1.82, 2.24) is 14.5 Å². The topological polar surface area (TPSA) is 105 Å². The summed E-state index contributed by atoms with van der Waals surface area (Å²) in [5.41, 5.74) is 5.56. The fraction of sp³-hybridized carbons (Fsp3) is 0.154. The number of aromatic amines is 1. The lowest BCUT2D eigenvalue weighted by Gasteiger charge is -2.21. The molecule has 170 valence electrons. The second-order valence-electron chi connectivity index (χ2n) is 8.43. The fourth-order valence-corrected chi connectivity index (χ4v) is 5.13. The third-order valence-electron chi connectivity index (χ3n) is 5.97. The number of aromatic carboxylic acids is 1. The highest BCUT2D eigenvalue weighted by Gasteiger charge is 2.27. The van der Waals surface area contributed by atoms with Gasteiger partial charge in [-0.05, 0) is 36.1 Å². The van der Waals surface area contributed by atoms with Crippen LogP contribution in [0.15, 0.2) is 57.6 Å². The summed E-state index contributed by atoms with van der Waals surface area (Å²) >= 11 is 1.16. The molecule has 0 spiro atoms. The highest BCUT2D eigenvalue weighted by atomic mass is 32.1. The zero-order valence-corrected chi connectivity index (χ0v) is 19.3. The molecule has 4 aromatic rings. The van der Waals surface area contributed by atoms with E-state index in [0.717, 1.165) is 44.7 Å². The van der Waals surface area contributed by atoms with Crippen LogP contribution in [0, 0.1) is 13.8 Å². The lowest BCUT2D eigenvalue weighted by Crippen LogP contribution is -2.33. The van der Waals surface area contributed by atoms with Crippen LogP contribution in [0.25, 0.3) is 12.2 Å². The van der Waals surface area contributed by atoms with E-state index in [0.29, 0.717) is 10.6 Å². The van der Waals surface area contributed by atoms with Gasteiger partial charge in [-0.2, -0.15) is 0 Å². The van der Waals surface area contributed by atoms with Crippen molar-refractivity contribution in [3.05, 3.63) is 118 Å². The Hall–Kier alpha value is -4.04. The van der Waals surface area contributed by atoms with E-state index in [1.54, 1.807) is 6.20 Å². The summed E-state index contributed by atoms with van der Waals surface area (Å²) in [6.07, 6.45) is 5.70. The number of carboxylic acid groups (broad SMARTS) is 1. The molecular formula is C26H21N3O4S. The summed E-state index contributed by atoms with van der Waals surface area (Å²) < 4.78 is 1.38. The van der Waals surface area contributed by atoms with E-state index in [1.807, 2.05) is 38.1 Å². The number of nitrogens with zero attached hydrogens (tertiary/aromatic N) is 2. The predicted octanol–water partition coefficient (Wildman–Crippen LogP) is 4.02. The summed E-state index contributed by atoms with van der Waals surface area (Å²) in [5.74, 6) is -1.51. The molecule has 2 heterocycles. The van der Waals surface area contributed by atoms with Crippen molar-refractivity contribution in [2.45, 2.75) is 26.3 Å². The van der Waals surface area contributed by atoms with Gasteiger partial charge in [-0.25, -0.2) is 14.6 Å². The van der Waals surface area contributed by atoms with Gasteiger partial charge in [0, 0.05) is 23.1 Å². The summed E-state index contributed by atoms with van der Waals surface area (Å²) in [5, 5.41) is 11.0. The minimum absolute atomic E-state index is 0.0625. The predicted molar refractivity (Wildman–Crippen MR) is 132 cm³/mol. The van der Waals surface area contributed by atoms with Crippen LogP contribution in [0.5, 0.6) is 0 Å². The average molecular weight is 472 g/mol. The third kappa shape index (κ3) is 3.92. The Kier molecular flexibility index (Phi) is 5.37.